The zero-order chi connectivity index (χ0) is 13.8. The maximum absolute atomic E-state index is 5.32. The summed E-state index contributed by atoms with van der Waals surface area (Å²) in [7, 11) is 3.75. The molecule has 0 aliphatic rings. The predicted octanol–water partition coefficient (Wildman–Crippen LogP) is 3.24. The molecule has 0 bridgehead atoms. The summed E-state index contributed by atoms with van der Waals surface area (Å²) in [5, 5.41) is 3.24. The van der Waals surface area contributed by atoms with Crippen molar-refractivity contribution in [2.24, 2.45) is 0 Å². The van der Waals surface area contributed by atoms with Gasteiger partial charge in [0.1, 0.15) is 0 Å². The minimum atomic E-state index is 0.211. The number of aryl methyl sites for hydroxylation is 1. The highest BCUT2D eigenvalue weighted by Gasteiger charge is 2.17. The van der Waals surface area contributed by atoms with E-state index in [9.17, 15) is 0 Å². The molecule has 1 rings (SSSR count). The molecule has 1 atom stereocenters. The van der Waals surface area contributed by atoms with E-state index in [0.29, 0.717) is 5.92 Å². The third-order valence-corrected chi connectivity index (χ3v) is 3.39. The Morgan fingerprint density at radius 2 is 1.94 bits per heavy atom. The van der Waals surface area contributed by atoms with E-state index in [1.165, 1.54) is 16.7 Å². The molecule has 1 aromatic carbocycles. The summed E-state index contributed by atoms with van der Waals surface area (Å²) in [6.07, 6.45) is 0. The number of nitrogens with one attached hydrogen (secondary N) is 1. The molecule has 0 heterocycles. The van der Waals surface area contributed by atoms with Gasteiger partial charge in [0.25, 0.3) is 0 Å². The Hall–Kier alpha value is -0.860. The molecule has 18 heavy (non-hydrogen) atoms. The summed E-state index contributed by atoms with van der Waals surface area (Å²) in [5.74, 6) is 0.425. The normalized spacial score (nSPS) is 13.7. The lowest BCUT2D eigenvalue weighted by atomic mass is 9.83. The lowest BCUT2D eigenvalue weighted by Crippen LogP contribution is -2.22. The molecule has 2 heteroatoms. The quantitative estimate of drug-likeness (QED) is 0.865. The Labute approximate surface area is 112 Å². The zero-order valence-electron chi connectivity index (χ0n) is 12.6. The molecule has 102 valence electrons. The number of ether oxygens (including phenoxy) is 1. The van der Waals surface area contributed by atoms with Crippen LogP contribution in [0.4, 0.5) is 0 Å². The van der Waals surface area contributed by atoms with E-state index in [-0.39, 0.29) is 5.41 Å². The SMILES string of the molecule is CNCC(COC)c1ccc(C(C)(C)C)cc1C. The Balaban J connectivity index is 3.03. The van der Waals surface area contributed by atoms with Crippen molar-refractivity contribution in [3.8, 4) is 0 Å². The van der Waals surface area contributed by atoms with E-state index in [4.69, 9.17) is 4.74 Å². The second-order valence-electron chi connectivity index (χ2n) is 6.03. The molecule has 1 unspecified atom stereocenters. The van der Waals surface area contributed by atoms with Gasteiger partial charge in [-0.1, -0.05) is 39.0 Å². The van der Waals surface area contributed by atoms with Gasteiger partial charge in [-0.05, 0) is 36.1 Å². The van der Waals surface area contributed by atoms with E-state index in [2.05, 4.69) is 51.2 Å². The maximum atomic E-state index is 5.32. The van der Waals surface area contributed by atoms with Gasteiger partial charge < -0.3 is 10.1 Å². The summed E-state index contributed by atoms with van der Waals surface area (Å²) in [5.41, 5.74) is 4.35. The molecule has 0 saturated heterocycles. The molecular weight excluding hydrogens is 222 g/mol. The molecule has 0 fully saturated rings. The molecule has 0 aromatic heterocycles. The van der Waals surface area contributed by atoms with Crippen LogP contribution in [0.5, 0.6) is 0 Å². The second-order valence-corrected chi connectivity index (χ2v) is 6.03. The first kappa shape index (κ1) is 15.2. The first-order valence-corrected chi connectivity index (χ1v) is 6.64. The monoisotopic (exact) mass is 249 g/mol. The average Bonchev–Trinajstić information content (AvgIpc) is 2.27. The lowest BCUT2D eigenvalue weighted by Gasteiger charge is -2.23. The maximum Gasteiger partial charge on any atom is 0.0543 e. The van der Waals surface area contributed by atoms with Crippen molar-refractivity contribution < 1.29 is 4.74 Å². The number of benzene rings is 1. The van der Waals surface area contributed by atoms with Gasteiger partial charge in [0.15, 0.2) is 0 Å². The van der Waals surface area contributed by atoms with E-state index in [1.54, 1.807) is 7.11 Å². The fraction of sp³-hybridized carbons (Fsp3) is 0.625. The molecule has 1 aromatic rings. The van der Waals surface area contributed by atoms with Crippen LogP contribution in [0.2, 0.25) is 0 Å². The van der Waals surface area contributed by atoms with E-state index in [1.807, 2.05) is 7.05 Å². The van der Waals surface area contributed by atoms with Crippen LogP contribution in [-0.4, -0.2) is 27.3 Å². The third kappa shape index (κ3) is 3.82. The molecule has 0 radical (unpaired) electrons. The van der Waals surface area contributed by atoms with Crippen molar-refractivity contribution in [3.05, 3.63) is 34.9 Å². The van der Waals surface area contributed by atoms with E-state index < -0.39 is 0 Å². The largest absolute Gasteiger partial charge is 0.384 e. The number of likely N-dealkylation sites (N-methyl/N-ethyl adjacent to an activating group) is 1. The third-order valence-electron chi connectivity index (χ3n) is 3.39. The highest BCUT2D eigenvalue weighted by atomic mass is 16.5. The highest BCUT2D eigenvalue weighted by molar-refractivity contribution is 5.36. The molecule has 0 spiro atoms. The summed E-state index contributed by atoms with van der Waals surface area (Å²) in [4.78, 5) is 0. The fourth-order valence-corrected chi connectivity index (χ4v) is 2.31. The summed E-state index contributed by atoms with van der Waals surface area (Å²) in [6, 6.07) is 6.82. The Morgan fingerprint density at radius 1 is 1.28 bits per heavy atom. The smallest absolute Gasteiger partial charge is 0.0543 e. The summed E-state index contributed by atoms with van der Waals surface area (Å²) < 4.78 is 5.32. The van der Waals surface area contributed by atoms with E-state index in [0.717, 1.165) is 13.2 Å². The highest BCUT2D eigenvalue weighted by Crippen LogP contribution is 2.27. The van der Waals surface area contributed by atoms with E-state index >= 15 is 0 Å². The first-order chi connectivity index (χ1) is 8.40. The van der Waals surface area contributed by atoms with Gasteiger partial charge in [0.2, 0.25) is 0 Å². The number of methoxy groups -OCH3 is 1. The van der Waals surface area contributed by atoms with Gasteiger partial charge in [0.05, 0.1) is 6.61 Å². The van der Waals surface area contributed by atoms with Crippen LogP contribution in [0.25, 0.3) is 0 Å². The van der Waals surface area contributed by atoms with Crippen molar-refractivity contribution in [2.45, 2.75) is 39.0 Å². The summed E-state index contributed by atoms with van der Waals surface area (Å²) in [6.45, 7) is 10.7. The van der Waals surface area contributed by atoms with Gasteiger partial charge in [-0.25, -0.2) is 0 Å². The van der Waals surface area contributed by atoms with Crippen LogP contribution in [-0.2, 0) is 10.2 Å². The van der Waals surface area contributed by atoms with Crippen LogP contribution >= 0.6 is 0 Å². The Morgan fingerprint density at radius 3 is 2.39 bits per heavy atom. The van der Waals surface area contributed by atoms with Crippen molar-refractivity contribution in [2.75, 3.05) is 27.3 Å². The molecular formula is C16H27NO. The fourth-order valence-electron chi connectivity index (χ4n) is 2.31. The first-order valence-electron chi connectivity index (χ1n) is 6.64. The topological polar surface area (TPSA) is 21.3 Å². The van der Waals surface area contributed by atoms with Gasteiger partial charge in [-0.3, -0.25) is 0 Å². The van der Waals surface area contributed by atoms with Crippen LogP contribution < -0.4 is 5.32 Å². The van der Waals surface area contributed by atoms with Crippen LogP contribution in [0, 0.1) is 6.92 Å². The molecule has 2 nitrogen and oxygen atoms in total. The van der Waals surface area contributed by atoms with Crippen LogP contribution in [0.15, 0.2) is 18.2 Å². The van der Waals surface area contributed by atoms with Crippen LogP contribution in [0.1, 0.15) is 43.4 Å². The minimum absolute atomic E-state index is 0.211. The predicted molar refractivity (Wildman–Crippen MR) is 78.4 cm³/mol. The average molecular weight is 249 g/mol. The summed E-state index contributed by atoms with van der Waals surface area (Å²) >= 11 is 0. The molecule has 0 amide bonds. The van der Waals surface area contributed by atoms with Crippen molar-refractivity contribution in [1.29, 1.82) is 0 Å². The van der Waals surface area contributed by atoms with Gasteiger partial charge in [0, 0.05) is 19.6 Å². The lowest BCUT2D eigenvalue weighted by molar-refractivity contribution is 0.178. The van der Waals surface area contributed by atoms with Crippen LogP contribution in [0.3, 0.4) is 0 Å². The standard InChI is InChI=1S/C16H27NO/c1-12-9-14(16(2,3)4)7-8-15(12)13(10-17-5)11-18-6/h7-9,13,17H,10-11H2,1-6H3. The molecule has 1 N–H and O–H groups in total. The molecule has 0 saturated carbocycles. The number of hydrogen-bond donors (Lipinski definition) is 1. The zero-order valence-corrected chi connectivity index (χ0v) is 12.6. The van der Waals surface area contributed by atoms with Crippen molar-refractivity contribution >= 4 is 0 Å². The van der Waals surface area contributed by atoms with Crippen molar-refractivity contribution in [3.63, 3.8) is 0 Å². The minimum Gasteiger partial charge on any atom is -0.384 e. The van der Waals surface area contributed by atoms with Crippen molar-refractivity contribution in [1.82, 2.24) is 5.32 Å². The van der Waals surface area contributed by atoms with Gasteiger partial charge in [-0.15, -0.1) is 0 Å². The second kappa shape index (κ2) is 6.35. The Kier molecular flexibility index (Phi) is 5.36. The molecule has 0 aliphatic heterocycles. The number of hydrogen-bond acceptors (Lipinski definition) is 2. The van der Waals surface area contributed by atoms with Gasteiger partial charge in [-0.2, -0.15) is 0 Å². The Bertz CT molecular complexity index is 373. The van der Waals surface area contributed by atoms with Gasteiger partial charge >= 0.3 is 0 Å². The molecule has 0 aliphatic carbocycles. The number of rotatable bonds is 5.